The first-order valence-corrected chi connectivity index (χ1v) is 12.8. The Labute approximate surface area is 224 Å². The number of carbonyl (C=O) groups is 2. The van der Waals surface area contributed by atoms with Crippen LogP contribution in [0.15, 0.2) is 60.3 Å². The molecule has 1 atom stereocenters. The van der Waals surface area contributed by atoms with Crippen LogP contribution in [0.25, 0.3) is 0 Å². The van der Waals surface area contributed by atoms with Gasteiger partial charge < -0.3 is 19.9 Å². The molecule has 0 spiro atoms. The molecule has 2 N–H and O–H groups in total. The fraction of sp³-hybridized carbons (Fsp3) is 0.280. The third-order valence-corrected chi connectivity index (χ3v) is 6.69. The van der Waals surface area contributed by atoms with Crippen LogP contribution in [-0.4, -0.2) is 39.4 Å². The normalized spacial score (nSPS) is 11.7. The maximum absolute atomic E-state index is 13.0. The quantitative estimate of drug-likeness (QED) is 0.238. The molecular formula is C25H27Cl2N5O3S. The van der Waals surface area contributed by atoms with Crippen LogP contribution >= 0.6 is 35.0 Å². The Morgan fingerprint density at radius 3 is 2.50 bits per heavy atom. The Hall–Kier alpha value is -3.01. The van der Waals surface area contributed by atoms with Crippen molar-refractivity contribution in [2.24, 2.45) is 5.92 Å². The van der Waals surface area contributed by atoms with Gasteiger partial charge in [0.25, 0.3) is 5.91 Å². The maximum Gasteiger partial charge on any atom is 0.253 e. The van der Waals surface area contributed by atoms with Crippen molar-refractivity contribution in [3.8, 4) is 5.75 Å². The van der Waals surface area contributed by atoms with Gasteiger partial charge in [0.2, 0.25) is 5.91 Å². The number of anilines is 1. The minimum Gasteiger partial charge on any atom is -0.497 e. The Morgan fingerprint density at radius 1 is 1.17 bits per heavy atom. The molecule has 36 heavy (non-hydrogen) atoms. The number of amides is 2. The zero-order valence-electron chi connectivity index (χ0n) is 20.1. The van der Waals surface area contributed by atoms with Crippen molar-refractivity contribution in [3.63, 3.8) is 0 Å². The number of thioether (sulfide) groups is 1. The highest BCUT2D eigenvalue weighted by atomic mass is 35.5. The summed E-state index contributed by atoms with van der Waals surface area (Å²) in [5.41, 5.74) is 0.976. The van der Waals surface area contributed by atoms with Gasteiger partial charge in [-0.1, -0.05) is 54.9 Å². The van der Waals surface area contributed by atoms with E-state index in [9.17, 15) is 9.59 Å². The summed E-state index contributed by atoms with van der Waals surface area (Å²) >= 11 is 13.4. The highest BCUT2D eigenvalue weighted by Crippen LogP contribution is 2.27. The van der Waals surface area contributed by atoms with Gasteiger partial charge in [-0.25, -0.2) is 0 Å². The number of hydrogen-bond acceptors (Lipinski definition) is 6. The maximum atomic E-state index is 13.0. The molecule has 0 fully saturated rings. The van der Waals surface area contributed by atoms with E-state index < -0.39 is 6.04 Å². The zero-order valence-corrected chi connectivity index (χ0v) is 22.5. The minimum absolute atomic E-state index is 0.0102. The van der Waals surface area contributed by atoms with Crippen LogP contribution in [0.4, 0.5) is 5.69 Å². The van der Waals surface area contributed by atoms with E-state index in [4.69, 9.17) is 27.9 Å². The van der Waals surface area contributed by atoms with Gasteiger partial charge in [0.1, 0.15) is 5.75 Å². The largest absolute Gasteiger partial charge is 0.497 e. The highest BCUT2D eigenvalue weighted by Gasteiger charge is 2.27. The molecule has 0 aliphatic heterocycles. The van der Waals surface area contributed by atoms with Crippen molar-refractivity contribution in [2.75, 3.05) is 18.2 Å². The van der Waals surface area contributed by atoms with Gasteiger partial charge in [-0.3, -0.25) is 9.59 Å². The summed E-state index contributed by atoms with van der Waals surface area (Å²) in [7, 11) is 1.58. The highest BCUT2D eigenvalue weighted by molar-refractivity contribution is 7.99. The molecule has 1 aromatic heterocycles. The van der Waals surface area contributed by atoms with E-state index in [-0.39, 0.29) is 28.5 Å². The molecule has 0 aliphatic carbocycles. The smallest absolute Gasteiger partial charge is 0.253 e. The predicted molar refractivity (Wildman–Crippen MR) is 144 cm³/mol. The number of nitrogens with one attached hydrogen (secondary N) is 2. The van der Waals surface area contributed by atoms with Crippen LogP contribution in [0.3, 0.4) is 0 Å². The molecule has 11 heteroatoms. The standard InChI is InChI=1S/C25H27Cl2N5O3S/c1-5-12-32-23(22(15(2)3)29-24(34)19-11-6-16(26)13-20(19)27)30-31-25(32)36-14-21(33)28-17-7-9-18(35-4)10-8-17/h5-11,13,15,22H,1,12,14H2,2-4H3,(H,28,33)(H,29,34)/t22-/m0/s1. The van der Waals surface area contributed by atoms with E-state index >= 15 is 0 Å². The fourth-order valence-electron chi connectivity index (χ4n) is 3.36. The van der Waals surface area contributed by atoms with Crippen LogP contribution in [0.5, 0.6) is 5.75 Å². The molecule has 3 rings (SSSR count). The lowest BCUT2D eigenvalue weighted by atomic mass is 10.0. The number of rotatable bonds is 11. The SMILES string of the molecule is C=CCn1c(SCC(=O)Nc2ccc(OC)cc2)nnc1[C@@H](NC(=O)c1ccc(Cl)cc1Cl)C(C)C. The molecule has 190 valence electrons. The Kier molecular flexibility index (Phi) is 9.81. The van der Waals surface area contributed by atoms with Gasteiger partial charge in [-0.05, 0) is 48.4 Å². The van der Waals surface area contributed by atoms with Crippen molar-refractivity contribution in [3.05, 3.63) is 76.6 Å². The van der Waals surface area contributed by atoms with Gasteiger partial charge in [0, 0.05) is 17.3 Å². The van der Waals surface area contributed by atoms with Crippen LogP contribution in [0.1, 0.15) is 36.1 Å². The van der Waals surface area contributed by atoms with Gasteiger partial charge in [0.05, 0.1) is 29.5 Å². The summed E-state index contributed by atoms with van der Waals surface area (Å²) in [5.74, 6) is 0.839. The van der Waals surface area contributed by atoms with Crippen LogP contribution in [0.2, 0.25) is 10.0 Å². The summed E-state index contributed by atoms with van der Waals surface area (Å²) in [5, 5.41) is 15.7. The number of hydrogen-bond donors (Lipinski definition) is 2. The van der Waals surface area contributed by atoms with Crippen LogP contribution < -0.4 is 15.4 Å². The molecule has 0 unspecified atom stereocenters. The number of halogens is 2. The second-order valence-corrected chi connectivity index (χ2v) is 9.91. The number of allylic oxidation sites excluding steroid dienone is 1. The second-order valence-electron chi connectivity index (χ2n) is 8.12. The summed E-state index contributed by atoms with van der Waals surface area (Å²) in [6.07, 6.45) is 1.71. The molecular weight excluding hydrogens is 521 g/mol. The summed E-state index contributed by atoms with van der Waals surface area (Å²) < 4.78 is 6.97. The van der Waals surface area contributed by atoms with Gasteiger partial charge in [-0.15, -0.1) is 16.8 Å². The van der Waals surface area contributed by atoms with Crippen molar-refractivity contribution in [1.29, 1.82) is 0 Å². The molecule has 0 bridgehead atoms. The van der Waals surface area contributed by atoms with E-state index in [1.165, 1.54) is 17.8 Å². The number of carbonyl (C=O) groups excluding carboxylic acids is 2. The van der Waals surface area contributed by atoms with Crippen molar-refractivity contribution >= 4 is 52.5 Å². The van der Waals surface area contributed by atoms with Gasteiger partial charge in [-0.2, -0.15) is 0 Å². The Balaban J connectivity index is 1.74. The first-order chi connectivity index (χ1) is 17.2. The second kappa shape index (κ2) is 12.8. The first kappa shape index (κ1) is 27.6. The number of methoxy groups -OCH3 is 1. The zero-order chi connectivity index (χ0) is 26.2. The third-order valence-electron chi connectivity index (χ3n) is 5.17. The van der Waals surface area contributed by atoms with Crippen LogP contribution in [0, 0.1) is 5.92 Å². The number of benzene rings is 2. The summed E-state index contributed by atoms with van der Waals surface area (Å²) in [4.78, 5) is 25.5. The van der Waals surface area contributed by atoms with Crippen molar-refractivity contribution < 1.29 is 14.3 Å². The molecule has 2 amide bonds. The fourth-order valence-corrected chi connectivity index (χ4v) is 4.61. The molecule has 0 saturated heterocycles. The minimum atomic E-state index is -0.459. The number of nitrogens with zero attached hydrogens (tertiary/aromatic N) is 3. The number of ether oxygens (including phenoxy) is 1. The lowest BCUT2D eigenvalue weighted by Gasteiger charge is -2.23. The molecule has 2 aromatic carbocycles. The Morgan fingerprint density at radius 2 is 1.89 bits per heavy atom. The van der Waals surface area contributed by atoms with Gasteiger partial charge in [0.15, 0.2) is 11.0 Å². The van der Waals surface area contributed by atoms with Crippen LogP contribution in [-0.2, 0) is 11.3 Å². The van der Waals surface area contributed by atoms with E-state index in [1.54, 1.807) is 49.6 Å². The molecule has 8 nitrogen and oxygen atoms in total. The first-order valence-electron chi connectivity index (χ1n) is 11.1. The monoisotopic (exact) mass is 547 g/mol. The van der Waals surface area contributed by atoms with Crippen molar-refractivity contribution in [2.45, 2.75) is 31.6 Å². The van der Waals surface area contributed by atoms with E-state index in [0.717, 1.165) is 0 Å². The van der Waals surface area contributed by atoms with E-state index in [1.807, 2.05) is 18.4 Å². The average Bonchev–Trinajstić information content (AvgIpc) is 3.23. The Bertz CT molecular complexity index is 1230. The molecule has 1 heterocycles. The lowest BCUT2D eigenvalue weighted by molar-refractivity contribution is -0.113. The third kappa shape index (κ3) is 7.02. The van der Waals surface area contributed by atoms with E-state index in [0.29, 0.717) is 39.5 Å². The molecule has 0 radical (unpaired) electrons. The topological polar surface area (TPSA) is 98.1 Å². The van der Waals surface area contributed by atoms with Crippen molar-refractivity contribution in [1.82, 2.24) is 20.1 Å². The molecule has 0 saturated carbocycles. The predicted octanol–water partition coefficient (Wildman–Crippen LogP) is 5.64. The number of aromatic nitrogens is 3. The summed E-state index contributed by atoms with van der Waals surface area (Å²) in [6.45, 7) is 8.17. The average molecular weight is 548 g/mol. The molecule has 0 aliphatic rings. The summed E-state index contributed by atoms with van der Waals surface area (Å²) in [6, 6.07) is 11.3. The lowest BCUT2D eigenvalue weighted by Crippen LogP contribution is -2.34. The van der Waals surface area contributed by atoms with Gasteiger partial charge >= 0.3 is 0 Å². The van der Waals surface area contributed by atoms with E-state index in [2.05, 4.69) is 27.4 Å². The molecule has 3 aromatic rings.